The van der Waals surface area contributed by atoms with Gasteiger partial charge in [-0.05, 0) is 57.4 Å². The van der Waals surface area contributed by atoms with Gasteiger partial charge in [0.1, 0.15) is 5.75 Å². The first kappa shape index (κ1) is 20.7. The second-order valence-electron chi connectivity index (χ2n) is 7.03. The Hall–Kier alpha value is -2.56. The molecule has 0 saturated carbocycles. The predicted octanol–water partition coefficient (Wildman–Crippen LogP) is 3.67. The van der Waals surface area contributed by atoms with Crippen molar-refractivity contribution in [2.75, 3.05) is 19.7 Å². The van der Waals surface area contributed by atoms with E-state index in [4.69, 9.17) is 4.74 Å². The molecule has 5 nitrogen and oxygen atoms in total. The molecule has 2 rings (SSSR count). The van der Waals surface area contributed by atoms with E-state index in [1.165, 1.54) is 0 Å². The summed E-state index contributed by atoms with van der Waals surface area (Å²) in [6.45, 7) is 12.5. The van der Waals surface area contributed by atoms with Gasteiger partial charge in [-0.1, -0.05) is 12.2 Å². The highest BCUT2D eigenvalue weighted by atomic mass is 16.5. The van der Waals surface area contributed by atoms with Crippen LogP contribution in [0.2, 0.25) is 0 Å². The Morgan fingerprint density at radius 2 is 1.67 bits per heavy atom. The van der Waals surface area contributed by atoms with E-state index in [1.54, 1.807) is 41.3 Å². The van der Waals surface area contributed by atoms with Gasteiger partial charge in [-0.15, -0.1) is 13.2 Å². The van der Waals surface area contributed by atoms with E-state index < -0.39 is 0 Å². The van der Waals surface area contributed by atoms with E-state index in [-0.39, 0.29) is 30.5 Å². The number of amides is 2. The van der Waals surface area contributed by atoms with Gasteiger partial charge in [0.25, 0.3) is 11.8 Å². The fourth-order valence-corrected chi connectivity index (χ4v) is 3.56. The van der Waals surface area contributed by atoms with Crippen LogP contribution in [0.25, 0.3) is 0 Å². The average molecular weight is 370 g/mol. The summed E-state index contributed by atoms with van der Waals surface area (Å²) < 4.78 is 5.66. The van der Waals surface area contributed by atoms with Crippen LogP contribution in [0.4, 0.5) is 0 Å². The van der Waals surface area contributed by atoms with Crippen molar-refractivity contribution in [3.63, 3.8) is 0 Å². The average Bonchev–Trinajstić information content (AvgIpc) is 2.66. The Kier molecular flexibility index (Phi) is 7.65. The van der Waals surface area contributed by atoms with E-state index in [1.807, 2.05) is 4.90 Å². The lowest BCUT2D eigenvalue weighted by molar-refractivity contribution is -0.139. The zero-order valence-electron chi connectivity index (χ0n) is 16.4. The van der Waals surface area contributed by atoms with Crippen LogP contribution in [-0.2, 0) is 4.79 Å². The fraction of sp³-hybridized carbons (Fsp3) is 0.455. The molecule has 2 amide bonds. The number of hydrogen-bond donors (Lipinski definition) is 0. The van der Waals surface area contributed by atoms with Crippen LogP contribution in [0.1, 0.15) is 43.5 Å². The van der Waals surface area contributed by atoms with Crippen molar-refractivity contribution in [3.05, 3.63) is 55.1 Å². The van der Waals surface area contributed by atoms with E-state index in [0.29, 0.717) is 24.4 Å². The molecule has 2 atom stereocenters. The van der Waals surface area contributed by atoms with E-state index in [9.17, 15) is 9.59 Å². The van der Waals surface area contributed by atoms with Gasteiger partial charge in [0, 0.05) is 30.7 Å². The van der Waals surface area contributed by atoms with E-state index in [2.05, 4.69) is 27.0 Å². The molecule has 0 spiro atoms. The quantitative estimate of drug-likeness (QED) is 0.656. The summed E-state index contributed by atoms with van der Waals surface area (Å²) >= 11 is 0. The highest BCUT2D eigenvalue weighted by Crippen LogP contribution is 2.23. The molecule has 0 N–H and O–H groups in total. The van der Waals surface area contributed by atoms with Gasteiger partial charge < -0.3 is 14.5 Å². The van der Waals surface area contributed by atoms with Gasteiger partial charge in [-0.25, -0.2) is 0 Å². The minimum absolute atomic E-state index is 0.0120. The SMILES string of the molecule is C=CCN(CC=C)C(=O)c1ccc(OCC(=O)N2C(C)CCCC2C)cc1. The maximum atomic E-state index is 12.5. The Labute approximate surface area is 162 Å². The molecule has 0 aliphatic carbocycles. The van der Waals surface area contributed by atoms with Gasteiger partial charge in [-0.2, -0.15) is 0 Å². The van der Waals surface area contributed by atoms with Crippen molar-refractivity contribution in [3.8, 4) is 5.75 Å². The lowest BCUT2D eigenvalue weighted by Gasteiger charge is -2.38. The number of piperidine rings is 1. The largest absolute Gasteiger partial charge is 0.484 e. The smallest absolute Gasteiger partial charge is 0.260 e. The number of ether oxygens (including phenoxy) is 1. The maximum absolute atomic E-state index is 12.5. The van der Waals surface area contributed by atoms with Gasteiger partial charge in [0.05, 0.1) is 0 Å². The van der Waals surface area contributed by atoms with Crippen molar-refractivity contribution in [2.45, 2.75) is 45.2 Å². The van der Waals surface area contributed by atoms with Crippen LogP contribution in [0.5, 0.6) is 5.75 Å². The summed E-state index contributed by atoms with van der Waals surface area (Å²) in [6, 6.07) is 7.39. The number of nitrogens with zero attached hydrogens (tertiary/aromatic N) is 2. The summed E-state index contributed by atoms with van der Waals surface area (Å²) in [5.74, 6) is 0.502. The van der Waals surface area contributed by atoms with Crippen LogP contribution >= 0.6 is 0 Å². The molecule has 1 fully saturated rings. The van der Waals surface area contributed by atoms with Crippen molar-refractivity contribution in [1.82, 2.24) is 9.80 Å². The summed E-state index contributed by atoms with van der Waals surface area (Å²) in [7, 11) is 0. The molecule has 1 heterocycles. The summed E-state index contributed by atoms with van der Waals surface area (Å²) in [5, 5.41) is 0. The van der Waals surface area contributed by atoms with Crippen molar-refractivity contribution in [2.24, 2.45) is 0 Å². The maximum Gasteiger partial charge on any atom is 0.260 e. The standard InChI is InChI=1S/C22H30N2O3/c1-5-14-23(15-6-2)22(26)19-10-12-20(13-11-19)27-16-21(25)24-17(3)8-7-9-18(24)4/h5-6,10-13,17-18H,1-2,7-9,14-16H2,3-4H3. The first-order valence-corrected chi connectivity index (χ1v) is 9.53. The Morgan fingerprint density at radius 3 is 2.19 bits per heavy atom. The number of carbonyl (C=O) groups excluding carboxylic acids is 2. The van der Waals surface area contributed by atoms with Crippen molar-refractivity contribution >= 4 is 11.8 Å². The normalized spacial score (nSPS) is 19.3. The first-order valence-electron chi connectivity index (χ1n) is 9.53. The molecule has 0 bridgehead atoms. The Balaban J connectivity index is 1.95. The van der Waals surface area contributed by atoms with Crippen molar-refractivity contribution < 1.29 is 14.3 Å². The molecular formula is C22H30N2O3. The lowest BCUT2D eigenvalue weighted by Crippen LogP contribution is -2.49. The molecule has 27 heavy (non-hydrogen) atoms. The molecule has 2 unspecified atom stereocenters. The number of benzene rings is 1. The van der Waals surface area contributed by atoms with Crippen molar-refractivity contribution in [1.29, 1.82) is 0 Å². The minimum atomic E-state index is -0.0895. The summed E-state index contributed by atoms with van der Waals surface area (Å²) in [4.78, 5) is 28.6. The molecule has 0 radical (unpaired) electrons. The third kappa shape index (κ3) is 5.46. The fourth-order valence-electron chi connectivity index (χ4n) is 3.56. The first-order chi connectivity index (χ1) is 13.0. The van der Waals surface area contributed by atoms with Crippen LogP contribution in [0.15, 0.2) is 49.6 Å². The van der Waals surface area contributed by atoms with Crippen LogP contribution in [-0.4, -0.2) is 53.4 Å². The highest BCUT2D eigenvalue weighted by Gasteiger charge is 2.29. The molecule has 0 aromatic heterocycles. The molecule has 1 aromatic rings. The second kappa shape index (κ2) is 9.95. The number of carbonyl (C=O) groups is 2. The molecule has 5 heteroatoms. The number of hydrogen-bond acceptors (Lipinski definition) is 3. The zero-order valence-corrected chi connectivity index (χ0v) is 16.4. The highest BCUT2D eigenvalue weighted by molar-refractivity contribution is 5.94. The predicted molar refractivity (Wildman–Crippen MR) is 108 cm³/mol. The molecule has 1 aliphatic heterocycles. The molecule has 1 saturated heterocycles. The topological polar surface area (TPSA) is 49.9 Å². The van der Waals surface area contributed by atoms with Crippen LogP contribution in [0, 0.1) is 0 Å². The van der Waals surface area contributed by atoms with Crippen LogP contribution in [0.3, 0.4) is 0 Å². The molecule has 1 aliphatic rings. The molecule has 146 valence electrons. The number of likely N-dealkylation sites (tertiary alicyclic amines) is 1. The number of rotatable bonds is 8. The Bertz CT molecular complexity index is 649. The molecule has 1 aromatic carbocycles. The molecular weight excluding hydrogens is 340 g/mol. The van der Waals surface area contributed by atoms with Gasteiger partial charge in [-0.3, -0.25) is 9.59 Å². The summed E-state index contributed by atoms with van der Waals surface area (Å²) in [5.41, 5.74) is 0.565. The van der Waals surface area contributed by atoms with E-state index in [0.717, 1.165) is 19.3 Å². The Morgan fingerprint density at radius 1 is 1.11 bits per heavy atom. The monoisotopic (exact) mass is 370 g/mol. The summed E-state index contributed by atoms with van der Waals surface area (Å²) in [6.07, 6.45) is 6.62. The van der Waals surface area contributed by atoms with Gasteiger partial charge in [0.2, 0.25) is 0 Å². The third-order valence-corrected chi connectivity index (χ3v) is 4.93. The van der Waals surface area contributed by atoms with Gasteiger partial charge >= 0.3 is 0 Å². The minimum Gasteiger partial charge on any atom is -0.484 e. The third-order valence-electron chi connectivity index (χ3n) is 4.93. The lowest BCUT2D eigenvalue weighted by atomic mass is 9.97. The van der Waals surface area contributed by atoms with Gasteiger partial charge in [0.15, 0.2) is 6.61 Å². The zero-order chi connectivity index (χ0) is 19.8. The van der Waals surface area contributed by atoms with Crippen LogP contribution < -0.4 is 4.74 Å². The van der Waals surface area contributed by atoms with E-state index >= 15 is 0 Å². The second-order valence-corrected chi connectivity index (χ2v) is 7.03.